The van der Waals surface area contributed by atoms with Gasteiger partial charge >= 0.3 is 11.9 Å². The average molecular weight is 365 g/mol. The average Bonchev–Trinajstić information content (AvgIpc) is 2.49. The largest absolute Gasteiger partial charge is 0.477 e. The maximum Gasteiger partial charge on any atom is 0.364 e. The van der Waals surface area contributed by atoms with Crippen LogP contribution in [-0.2, 0) is 28.6 Å². The number of carboxylic acids is 1. The van der Waals surface area contributed by atoms with Gasteiger partial charge in [-0.15, -0.1) is 0 Å². The molecule has 0 aliphatic carbocycles. The van der Waals surface area contributed by atoms with Crippen LogP contribution in [0.1, 0.15) is 20.3 Å². The van der Waals surface area contributed by atoms with Crippen LogP contribution in [0.3, 0.4) is 0 Å². The Morgan fingerprint density at radius 2 is 1.96 bits per heavy atom. The highest BCUT2D eigenvalue weighted by Gasteiger charge is 2.54. The second kappa shape index (κ2) is 8.54. The lowest BCUT2D eigenvalue weighted by atomic mass is 9.88. The molecule has 0 aromatic heterocycles. The van der Waals surface area contributed by atoms with Gasteiger partial charge in [0.25, 0.3) is 5.79 Å². The van der Waals surface area contributed by atoms with Crippen molar-refractivity contribution in [2.45, 2.75) is 56.5 Å². The van der Waals surface area contributed by atoms with E-state index in [0.717, 1.165) is 13.8 Å². The molecule has 25 heavy (non-hydrogen) atoms. The number of aliphatic hydroxyl groups excluding tert-OH is 2. The number of nitrogens with one attached hydrogen (secondary N) is 1. The van der Waals surface area contributed by atoms with Gasteiger partial charge in [-0.25, -0.2) is 4.79 Å². The van der Waals surface area contributed by atoms with E-state index in [0.29, 0.717) is 0 Å². The smallest absolute Gasteiger partial charge is 0.364 e. The van der Waals surface area contributed by atoms with Crippen molar-refractivity contribution in [2.24, 2.45) is 0 Å². The lowest BCUT2D eigenvalue weighted by molar-refractivity contribution is -0.295. The van der Waals surface area contributed by atoms with Crippen molar-refractivity contribution in [3.8, 4) is 0 Å². The second-order valence-electron chi connectivity index (χ2n) is 5.74. The van der Waals surface area contributed by atoms with E-state index < -0.39 is 60.5 Å². The Morgan fingerprint density at radius 3 is 2.40 bits per heavy atom. The van der Waals surface area contributed by atoms with Crippen molar-refractivity contribution in [2.75, 3.05) is 13.7 Å². The first kappa shape index (κ1) is 21.3. The summed E-state index contributed by atoms with van der Waals surface area (Å²) in [6.45, 7) is 1.91. The Labute approximate surface area is 143 Å². The van der Waals surface area contributed by atoms with Crippen molar-refractivity contribution in [3.05, 3.63) is 0 Å². The van der Waals surface area contributed by atoms with Crippen LogP contribution < -0.4 is 5.32 Å². The number of hydrogen-bond acceptors (Lipinski definition) is 9. The van der Waals surface area contributed by atoms with E-state index in [1.54, 1.807) is 0 Å². The quantitative estimate of drug-likeness (QED) is 0.300. The zero-order valence-electron chi connectivity index (χ0n) is 14.0. The summed E-state index contributed by atoms with van der Waals surface area (Å²) in [6.07, 6.45) is -6.59. The molecule has 1 amide bonds. The highest BCUT2D eigenvalue weighted by atomic mass is 16.7. The highest BCUT2D eigenvalue weighted by Crippen LogP contribution is 2.31. The van der Waals surface area contributed by atoms with Crippen LogP contribution in [0.2, 0.25) is 0 Å². The zero-order chi connectivity index (χ0) is 19.4. The number of carbonyl (C=O) groups excluding carboxylic acids is 2. The van der Waals surface area contributed by atoms with Gasteiger partial charge in [0.15, 0.2) is 0 Å². The molecule has 5 N–H and O–H groups in total. The number of rotatable bonds is 7. The van der Waals surface area contributed by atoms with E-state index in [1.165, 1.54) is 7.11 Å². The van der Waals surface area contributed by atoms with Crippen LogP contribution in [0.4, 0.5) is 0 Å². The summed E-state index contributed by atoms with van der Waals surface area (Å²) in [6, 6.07) is -1.22. The summed E-state index contributed by atoms with van der Waals surface area (Å²) >= 11 is 0. The molecule has 0 unspecified atom stereocenters. The number of esters is 1. The third-order valence-electron chi connectivity index (χ3n) is 3.76. The van der Waals surface area contributed by atoms with Crippen molar-refractivity contribution in [1.82, 2.24) is 5.32 Å². The first-order valence-electron chi connectivity index (χ1n) is 7.44. The fraction of sp³-hybridized carbons (Fsp3) is 0.786. The molecule has 11 heteroatoms. The predicted molar refractivity (Wildman–Crippen MR) is 79.1 cm³/mol. The minimum absolute atomic E-state index is 0.388. The second-order valence-corrected chi connectivity index (χ2v) is 5.74. The Balaban J connectivity index is 3.08. The molecule has 1 aliphatic rings. The Hall–Kier alpha value is -1.79. The molecule has 0 aromatic rings. The number of hydrogen-bond donors (Lipinski definition) is 5. The summed E-state index contributed by atoms with van der Waals surface area (Å²) in [5.74, 6) is -5.74. The summed E-state index contributed by atoms with van der Waals surface area (Å²) in [4.78, 5) is 33.5. The first-order chi connectivity index (χ1) is 11.5. The molecule has 0 spiro atoms. The minimum atomic E-state index is -2.76. The fourth-order valence-corrected chi connectivity index (χ4v) is 2.53. The van der Waals surface area contributed by atoms with Gasteiger partial charge in [0.2, 0.25) is 5.91 Å². The number of methoxy groups -OCH3 is 1. The molecule has 1 fully saturated rings. The van der Waals surface area contributed by atoms with Gasteiger partial charge in [-0.3, -0.25) is 9.59 Å². The third-order valence-corrected chi connectivity index (χ3v) is 3.76. The lowest BCUT2D eigenvalue weighted by Crippen LogP contribution is -2.67. The topological polar surface area (TPSA) is 172 Å². The van der Waals surface area contributed by atoms with Crippen LogP contribution in [0, 0.1) is 0 Å². The Bertz CT molecular complexity index is 512. The van der Waals surface area contributed by atoms with Crippen LogP contribution >= 0.6 is 0 Å². The lowest BCUT2D eigenvalue weighted by Gasteiger charge is -2.45. The molecule has 1 aliphatic heterocycles. The molecule has 1 rings (SSSR count). The summed E-state index contributed by atoms with van der Waals surface area (Å²) < 4.78 is 14.8. The van der Waals surface area contributed by atoms with E-state index in [2.05, 4.69) is 5.32 Å². The molecule has 0 aromatic carbocycles. The fourth-order valence-electron chi connectivity index (χ4n) is 2.53. The molecule has 1 saturated heterocycles. The molecule has 0 bridgehead atoms. The maximum atomic E-state index is 11.3. The summed E-state index contributed by atoms with van der Waals surface area (Å²) in [5.41, 5.74) is 0. The molecule has 6 atom stereocenters. The molecular formula is C14H23NO10. The molecule has 144 valence electrons. The summed E-state index contributed by atoms with van der Waals surface area (Å²) in [7, 11) is 1.20. The van der Waals surface area contributed by atoms with Crippen molar-refractivity contribution in [1.29, 1.82) is 0 Å². The van der Waals surface area contributed by atoms with E-state index >= 15 is 0 Å². The first-order valence-corrected chi connectivity index (χ1v) is 7.44. The SMILES string of the molecule is CO[C@H](COC(C)=O)[C@@H](O)[C@@H]1O[C@](O)(C(=O)O)C[C@H](O)[C@H]1NC(C)=O. The van der Waals surface area contributed by atoms with Gasteiger partial charge in [0.05, 0.1) is 12.1 Å². The van der Waals surface area contributed by atoms with Gasteiger partial charge < -0.3 is 40.0 Å². The van der Waals surface area contributed by atoms with E-state index in [9.17, 15) is 29.7 Å². The summed E-state index contributed by atoms with van der Waals surface area (Å²) in [5, 5.41) is 42.1. The van der Waals surface area contributed by atoms with E-state index in [1.807, 2.05) is 0 Å². The van der Waals surface area contributed by atoms with Gasteiger partial charge in [-0.2, -0.15) is 0 Å². The Morgan fingerprint density at radius 1 is 1.36 bits per heavy atom. The minimum Gasteiger partial charge on any atom is -0.477 e. The molecular weight excluding hydrogens is 342 g/mol. The predicted octanol–water partition coefficient (Wildman–Crippen LogP) is -2.65. The Kier molecular flexibility index (Phi) is 7.26. The molecule has 0 saturated carbocycles. The third kappa shape index (κ3) is 5.34. The number of ether oxygens (including phenoxy) is 3. The molecule has 1 heterocycles. The number of carbonyl (C=O) groups is 3. The van der Waals surface area contributed by atoms with Gasteiger partial charge in [-0.05, 0) is 0 Å². The zero-order valence-corrected chi connectivity index (χ0v) is 14.0. The van der Waals surface area contributed by atoms with Crippen molar-refractivity contribution in [3.63, 3.8) is 0 Å². The highest BCUT2D eigenvalue weighted by molar-refractivity contribution is 5.76. The number of aliphatic carboxylic acids is 1. The van der Waals surface area contributed by atoms with Gasteiger partial charge in [-0.1, -0.05) is 0 Å². The monoisotopic (exact) mass is 365 g/mol. The van der Waals surface area contributed by atoms with E-state index in [-0.39, 0.29) is 6.61 Å². The van der Waals surface area contributed by atoms with Gasteiger partial charge in [0, 0.05) is 27.4 Å². The normalized spacial score (nSPS) is 31.7. The van der Waals surface area contributed by atoms with E-state index in [4.69, 9.17) is 19.3 Å². The maximum absolute atomic E-state index is 11.3. The van der Waals surface area contributed by atoms with Crippen LogP contribution in [0.15, 0.2) is 0 Å². The van der Waals surface area contributed by atoms with Crippen LogP contribution in [0.25, 0.3) is 0 Å². The van der Waals surface area contributed by atoms with Crippen molar-refractivity contribution < 1.29 is 49.0 Å². The number of aliphatic hydroxyl groups is 3. The number of carboxylic acid groups (broad SMARTS) is 1. The van der Waals surface area contributed by atoms with Crippen LogP contribution in [-0.4, -0.2) is 88.2 Å². The van der Waals surface area contributed by atoms with Gasteiger partial charge in [0.1, 0.15) is 24.9 Å². The number of amides is 1. The molecule has 11 nitrogen and oxygen atoms in total. The molecule has 0 radical (unpaired) electrons. The van der Waals surface area contributed by atoms with Crippen LogP contribution in [0.5, 0.6) is 0 Å². The standard InChI is InChI=1S/C14H23NO10/c1-6(16)15-10-8(18)4-14(22,13(20)21)25-12(10)11(19)9(23-3)5-24-7(2)17/h8-12,18-19,22H,4-5H2,1-3H3,(H,15,16)(H,20,21)/t8-,9+,10+,11+,12+,14-/m0/s1. The van der Waals surface area contributed by atoms with Crippen molar-refractivity contribution >= 4 is 17.8 Å².